The van der Waals surface area contributed by atoms with Crippen molar-refractivity contribution in [1.29, 1.82) is 0 Å². The molecule has 2 aromatic rings. The summed E-state index contributed by atoms with van der Waals surface area (Å²) in [5, 5.41) is 0. The van der Waals surface area contributed by atoms with Crippen LogP contribution in [0.2, 0.25) is 0 Å². The molecule has 0 bridgehead atoms. The summed E-state index contributed by atoms with van der Waals surface area (Å²) in [5.74, 6) is 0.850. The van der Waals surface area contributed by atoms with Gasteiger partial charge >= 0.3 is 0 Å². The smallest absolute Gasteiger partial charge is 0.204 e. The summed E-state index contributed by atoms with van der Waals surface area (Å²) in [7, 11) is 1.62. The quantitative estimate of drug-likeness (QED) is 0.564. The molecule has 0 saturated heterocycles. The number of ether oxygens (including phenoxy) is 1. The van der Waals surface area contributed by atoms with Gasteiger partial charge in [0.1, 0.15) is 5.75 Å². The third kappa shape index (κ3) is 3.06. The van der Waals surface area contributed by atoms with Gasteiger partial charge in [-0.3, -0.25) is 4.79 Å². The monoisotopic (exact) mass is 364 g/mol. The Balaban J connectivity index is 1.92. The highest BCUT2D eigenvalue weighted by molar-refractivity contribution is 9.10. The van der Waals surface area contributed by atoms with Gasteiger partial charge in [0.2, 0.25) is 5.78 Å². The SMILES string of the molecule is COc1ccc(C(=O)c2cc3c(s2)CCCCC3)c(Br)c1. The number of carbonyl (C=O) groups is 1. The number of aryl methyl sites for hydroxylation is 2. The van der Waals surface area contributed by atoms with Crippen LogP contribution in [-0.2, 0) is 12.8 Å². The average molecular weight is 365 g/mol. The van der Waals surface area contributed by atoms with Crippen LogP contribution >= 0.6 is 27.3 Å². The normalized spacial score (nSPS) is 14.4. The molecule has 1 aliphatic carbocycles. The zero-order valence-corrected chi connectivity index (χ0v) is 14.4. The molecule has 21 heavy (non-hydrogen) atoms. The summed E-state index contributed by atoms with van der Waals surface area (Å²) in [6.07, 6.45) is 6.02. The third-order valence-corrected chi connectivity index (χ3v) is 5.78. The average Bonchev–Trinajstić information content (AvgIpc) is 2.77. The van der Waals surface area contributed by atoms with Crippen LogP contribution in [0.1, 0.15) is 44.9 Å². The van der Waals surface area contributed by atoms with E-state index in [9.17, 15) is 4.79 Å². The second-order valence-electron chi connectivity index (χ2n) is 5.29. The van der Waals surface area contributed by atoms with Gasteiger partial charge in [0.15, 0.2) is 0 Å². The van der Waals surface area contributed by atoms with Crippen molar-refractivity contribution in [3.63, 3.8) is 0 Å². The van der Waals surface area contributed by atoms with Gasteiger partial charge in [-0.15, -0.1) is 11.3 Å². The zero-order valence-electron chi connectivity index (χ0n) is 11.9. The predicted octanol–water partition coefficient (Wildman–Crippen LogP) is 5.02. The summed E-state index contributed by atoms with van der Waals surface area (Å²) in [4.78, 5) is 15.0. The van der Waals surface area contributed by atoms with Crippen molar-refractivity contribution in [3.8, 4) is 5.75 Å². The van der Waals surface area contributed by atoms with Crippen LogP contribution in [0.5, 0.6) is 5.75 Å². The molecule has 0 unspecified atom stereocenters. The van der Waals surface area contributed by atoms with Crippen LogP contribution < -0.4 is 4.74 Å². The maximum absolute atomic E-state index is 12.7. The summed E-state index contributed by atoms with van der Waals surface area (Å²) < 4.78 is 5.96. The van der Waals surface area contributed by atoms with E-state index in [1.54, 1.807) is 18.4 Å². The van der Waals surface area contributed by atoms with Crippen LogP contribution in [-0.4, -0.2) is 12.9 Å². The van der Waals surface area contributed by atoms with Crippen molar-refractivity contribution in [2.75, 3.05) is 7.11 Å². The lowest BCUT2D eigenvalue weighted by Crippen LogP contribution is -2.00. The van der Waals surface area contributed by atoms with Crippen LogP contribution in [0.3, 0.4) is 0 Å². The lowest BCUT2D eigenvalue weighted by Gasteiger charge is -2.05. The second kappa shape index (κ2) is 6.32. The predicted molar refractivity (Wildman–Crippen MR) is 89.7 cm³/mol. The van der Waals surface area contributed by atoms with E-state index < -0.39 is 0 Å². The van der Waals surface area contributed by atoms with Crippen LogP contribution in [0, 0.1) is 0 Å². The molecule has 3 rings (SSSR count). The number of hydrogen-bond acceptors (Lipinski definition) is 3. The van der Waals surface area contributed by atoms with Crippen molar-refractivity contribution in [3.05, 3.63) is 49.6 Å². The topological polar surface area (TPSA) is 26.3 Å². The fourth-order valence-electron chi connectivity index (χ4n) is 2.72. The van der Waals surface area contributed by atoms with Crippen molar-refractivity contribution >= 4 is 33.0 Å². The van der Waals surface area contributed by atoms with Crippen molar-refractivity contribution in [2.24, 2.45) is 0 Å². The molecule has 1 aliphatic rings. The highest BCUT2D eigenvalue weighted by atomic mass is 79.9. The third-order valence-electron chi connectivity index (χ3n) is 3.89. The van der Waals surface area contributed by atoms with E-state index in [1.807, 2.05) is 18.2 Å². The molecule has 110 valence electrons. The van der Waals surface area contributed by atoms with E-state index in [1.165, 1.54) is 29.7 Å². The Kier molecular flexibility index (Phi) is 4.45. The Hall–Kier alpha value is -1.13. The number of rotatable bonds is 3. The Bertz CT molecular complexity index is 652. The van der Waals surface area contributed by atoms with Gasteiger partial charge in [-0.2, -0.15) is 0 Å². The van der Waals surface area contributed by atoms with Gasteiger partial charge in [-0.05, 0) is 71.4 Å². The van der Waals surface area contributed by atoms with Gasteiger partial charge in [-0.25, -0.2) is 0 Å². The van der Waals surface area contributed by atoms with E-state index >= 15 is 0 Å². The fourth-order valence-corrected chi connectivity index (χ4v) is 4.46. The largest absolute Gasteiger partial charge is 0.497 e. The second-order valence-corrected chi connectivity index (χ2v) is 7.29. The molecule has 1 heterocycles. The minimum atomic E-state index is 0.0996. The summed E-state index contributed by atoms with van der Waals surface area (Å²) in [5.41, 5.74) is 2.08. The maximum Gasteiger partial charge on any atom is 0.204 e. The van der Waals surface area contributed by atoms with E-state index in [0.29, 0.717) is 5.56 Å². The number of ketones is 1. The summed E-state index contributed by atoms with van der Waals surface area (Å²) >= 11 is 5.14. The highest BCUT2D eigenvalue weighted by Gasteiger charge is 2.19. The first kappa shape index (κ1) is 14.8. The number of hydrogen-bond donors (Lipinski definition) is 0. The van der Waals surface area contributed by atoms with Crippen LogP contribution in [0.4, 0.5) is 0 Å². The Morgan fingerprint density at radius 1 is 1.19 bits per heavy atom. The van der Waals surface area contributed by atoms with Gasteiger partial charge in [-0.1, -0.05) is 6.42 Å². The molecule has 0 N–H and O–H groups in total. The highest BCUT2D eigenvalue weighted by Crippen LogP contribution is 2.32. The van der Waals surface area contributed by atoms with Gasteiger partial charge < -0.3 is 4.74 Å². The van der Waals surface area contributed by atoms with Crippen LogP contribution in [0.25, 0.3) is 0 Å². The minimum absolute atomic E-state index is 0.0996. The first-order valence-electron chi connectivity index (χ1n) is 7.19. The lowest BCUT2D eigenvalue weighted by molar-refractivity contribution is 0.104. The fraction of sp³-hybridized carbons (Fsp3) is 0.353. The number of thiophene rings is 1. The van der Waals surface area contributed by atoms with Crippen molar-refractivity contribution < 1.29 is 9.53 Å². The van der Waals surface area contributed by atoms with E-state index in [4.69, 9.17) is 4.74 Å². The Morgan fingerprint density at radius 2 is 2.00 bits per heavy atom. The Labute approximate surface area is 137 Å². The molecule has 0 spiro atoms. The number of fused-ring (bicyclic) bond motifs is 1. The molecular formula is C17H17BrO2S. The van der Waals surface area contributed by atoms with Crippen molar-refractivity contribution in [2.45, 2.75) is 32.1 Å². The molecule has 4 heteroatoms. The molecule has 0 radical (unpaired) electrons. The summed E-state index contributed by atoms with van der Waals surface area (Å²) in [6, 6.07) is 7.60. The number of halogens is 1. The first-order valence-corrected chi connectivity index (χ1v) is 8.80. The molecule has 1 aromatic heterocycles. The van der Waals surface area contributed by atoms with E-state index in [-0.39, 0.29) is 5.78 Å². The Morgan fingerprint density at radius 3 is 2.76 bits per heavy atom. The number of methoxy groups -OCH3 is 1. The molecular weight excluding hydrogens is 348 g/mol. The first-order chi connectivity index (χ1) is 10.2. The van der Waals surface area contributed by atoms with Gasteiger partial charge in [0.25, 0.3) is 0 Å². The molecule has 2 nitrogen and oxygen atoms in total. The van der Waals surface area contributed by atoms with Crippen LogP contribution in [0.15, 0.2) is 28.7 Å². The maximum atomic E-state index is 12.7. The zero-order chi connectivity index (χ0) is 14.8. The molecule has 0 amide bonds. The molecule has 0 saturated carbocycles. The van der Waals surface area contributed by atoms with Gasteiger partial charge in [0, 0.05) is 14.9 Å². The summed E-state index contributed by atoms with van der Waals surface area (Å²) in [6.45, 7) is 0. The van der Waals surface area contributed by atoms with E-state index in [2.05, 4.69) is 22.0 Å². The van der Waals surface area contributed by atoms with Crippen molar-refractivity contribution in [1.82, 2.24) is 0 Å². The van der Waals surface area contributed by atoms with E-state index in [0.717, 1.165) is 27.9 Å². The molecule has 0 atom stereocenters. The molecule has 1 aromatic carbocycles. The number of carbonyl (C=O) groups excluding carboxylic acids is 1. The lowest BCUT2D eigenvalue weighted by atomic mass is 10.1. The molecule has 0 fully saturated rings. The minimum Gasteiger partial charge on any atom is -0.497 e. The van der Waals surface area contributed by atoms with Gasteiger partial charge in [0.05, 0.1) is 12.0 Å². The molecule has 0 aliphatic heterocycles. The number of benzene rings is 1. The standard InChI is InChI=1S/C17H17BrO2S/c1-20-12-7-8-13(14(18)10-12)17(19)16-9-11-5-3-2-4-6-15(11)21-16/h7-10H,2-6H2,1H3.